The lowest BCUT2D eigenvalue weighted by Crippen LogP contribution is -2.71. The maximum absolute atomic E-state index is 13.2. The van der Waals surface area contributed by atoms with Gasteiger partial charge < -0.3 is 38.3 Å². The van der Waals surface area contributed by atoms with Gasteiger partial charge in [-0.1, -0.05) is 26.8 Å². The summed E-state index contributed by atoms with van der Waals surface area (Å²) in [6.45, 7) is 12.7. The van der Waals surface area contributed by atoms with Crippen LogP contribution in [0.5, 0.6) is 0 Å². The molecule has 0 bridgehead atoms. The molecule has 10 atom stereocenters. The van der Waals surface area contributed by atoms with Crippen LogP contribution in [0.2, 0.25) is 0 Å². The maximum atomic E-state index is 13.2. The van der Waals surface area contributed by atoms with Crippen molar-refractivity contribution in [3.63, 3.8) is 0 Å². The Balaban J connectivity index is 2.05. The first-order chi connectivity index (χ1) is 21.5. The number of carbonyl (C=O) groups excluding carboxylic acids is 5. The van der Waals surface area contributed by atoms with Gasteiger partial charge in [0.25, 0.3) is 0 Å². The van der Waals surface area contributed by atoms with Crippen molar-refractivity contribution >= 4 is 29.8 Å². The summed E-state index contributed by atoms with van der Waals surface area (Å²) in [6.07, 6.45) is -1.41. The Morgan fingerprint density at radius 1 is 1.02 bits per heavy atom. The van der Waals surface area contributed by atoms with E-state index in [-0.39, 0.29) is 32.0 Å². The van der Waals surface area contributed by atoms with Crippen LogP contribution in [0.4, 0.5) is 0 Å². The summed E-state index contributed by atoms with van der Waals surface area (Å²) in [7, 11) is 0. The fraction of sp³-hybridized carbons (Fsp3) is 0.727. The Kier molecular flexibility index (Phi) is 10.4. The summed E-state index contributed by atoms with van der Waals surface area (Å²) in [5.41, 5.74) is -4.62. The second-order valence-electron chi connectivity index (χ2n) is 13.3. The van der Waals surface area contributed by atoms with Crippen LogP contribution < -0.4 is 0 Å². The molecule has 0 unspecified atom stereocenters. The van der Waals surface area contributed by atoms with Crippen LogP contribution in [-0.2, 0) is 57.1 Å². The molecule has 0 amide bonds. The highest BCUT2D eigenvalue weighted by Crippen LogP contribution is 2.62. The predicted octanol–water partition coefficient (Wildman–Crippen LogP) is 2.36. The van der Waals surface area contributed by atoms with Crippen molar-refractivity contribution in [3.8, 4) is 0 Å². The van der Waals surface area contributed by atoms with Gasteiger partial charge in [0.05, 0.1) is 24.5 Å². The van der Waals surface area contributed by atoms with E-state index in [9.17, 15) is 29.1 Å². The third kappa shape index (κ3) is 6.59. The van der Waals surface area contributed by atoms with Crippen LogP contribution >= 0.6 is 0 Å². The number of esters is 5. The fourth-order valence-electron chi connectivity index (χ4n) is 7.30. The third-order valence-corrected chi connectivity index (χ3v) is 9.52. The summed E-state index contributed by atoms with van der Waals surface area (Å²) in [4.78, 5) is 64.5. The SMILES string of the molecule is CCOCC1=C/[C@@H]2OC(=O)[C@H](C)[C@@]2(O)[C@@H](OC(C)=O)[C@H]2[C@@]3(CO3)[C@H](OC(=O)CC(C)C)C[C@H](OC(C)=O)[C@]2(C)[C@@H](OC(C)=O)/C=C\1. The van der Waals surface area contributed by atoms with E-state index in [0.29, 0.717) is 12.2 Å². The van der Waals surface area contributed by atoms with Crippen LogP contribution in [0.3, 0.4) is 0 Å². The van der Waals surface area contributed by atoms with E-state index >= 15 is 0 Å². The first kappa shape index (κ1) is 35.6. The number of aliphatic hydroxyl groups is 1. The van der Waals surface area contributed by atoms with Crippen LogP contribution in [0.15, 0.2) is 23.8 Å². The molecule has 256 valence electrons. The van der Waals surface area contributed by atoms with Crippen molar-refractivity contribution in [2.24, 2.45) is 23.2 Å². The van der Waals surface area contributed by atoms with Gasteiger partial charge in [0.15, 0.2) is 11.7 Å². The van der Waals surface area contributed by atoms with Crippen molar-refractivity contribution in [2.75, 3.05) is 19.8 Å². The topological polar surface area (TPSA) is 173 Å². The van der Waals surface area contributed by atoms with Gasteiger partial charge in [0.1, 0.15) is 30.0 Å². The first-order valence-electron chi connectivity index (χ1n) is 15.7. The van der Waals surface area contributed by atoms with Crippen LogP contribution in [-0.4, -0.2) is 96.5 Å². The van der Waals surface area contributed by atoms with Gasteiger partial charge in [-0.15, -0.1) is 0 Å². The molecule has 4 aliphatic rings. The van der Waals surface area contributed by atoms with Crippen LogP contribution in [0, 0.1) is 23.2 Å². The molecule has 3 fully saturated rings. The summed E-state index contributed by atoms with van der Waals surface area (Å²) >= 11 is 0. The number of ether oxygens (including phenoxy) is 7. The third-order valence-electron chi connectivity index (χ3n) is 9.52. The van der Waals surface area contributed by atoms with Gasteiger partial charge in [-0.3, -0.25) is 24.0 Å². The molecule has 1 saturated carbocycles. The minimum Gasteiger partial charge on any atom is -0.462 e. The number of hydrogen-bond acceptors (Lipinski definition) is 13. The molecule has 13 heteroatoms. The zero-order valence-electron chi connectivity index (χ0n) is 27.7. The second-order valence-corrected chi connectivity index (χ2v) is 13.3. The highest BCUT2D eigenvalue weighted by Gasteiger charge is 2.78. The Morgan fingerprint density at radius 2 is 1.65 bits per heavy atom. The van der Waals surface area contributed by atoms with E-state index < -0.39 is 88.8 Å². The highest BCUT2D eigenvalue weighted by molar-refractivity contribution is 5.78. The Morgan fingerprint density at radius 3 is 2.20 bits per heavy atom. The molecule has 2 saturated heterocycles. The average Bonchev–Trinajstić information content (AvgIpc) is 3.70. The molecular weight excluding hydrogens is 604 g/mol. The quantitative estimate of drug-likeness (QED) is 0.219. The van der Waals surface area contributed by atoms with Gasteiger partial charge in [0, 0.05) is 46.1 Å². The summed E-state index contributed by atoms with van der Waals surface area (Å²) in [5.74, 6) is -5.81. The van der Waals surface area contributed by atoms with E-state index in [0.717, 1.165) is 6.92 Å². The molecule has 0 aromatic carbocycles. The number of fused-ring (bicyclic) bond motifs is 3. The second kappa shape index (κ2) is 13.4. The molecular formula is C33H46O13. The summed E-state index contributed by atoms with van der Waals surface area (Å²) < 4.78 is 41.4. The lowest BCUT2D eigenvalue weighted by Gasteiger charge is -2.57. The van der Waals surface area contributed by atoms with Gasteiger partial charge in [-0.2, -0.15) is 0 Å². The minimum atomic E-state index is -2.21. The normalized spacial score (nSPS) is 40.0. The van der Waals surface area contributed by atoms with Crippen molar-refractivity contribution < 1.29 is 62.2 Å². The standard InChI is InChI=1S/C33H46O13/c1-9-40-15-22-10-11-23(42-19(5)34)31(8)24(43-20(6)35)14-25(45-27(37)12-17(2)3)32(16-41-32)28(31)29(44-21(7)36)33(39)18(4)30(38)46-26(33)13-22/h10-11,13,17-18,23-26,28-29,39H,9,12,14-16H2,1-8H3/b11-10-,22-13+/t18-,23-,24-,25+,26-,28+,29-,31-,32+,33-/m0/s1. The molecule has 2 heterocycles. The van der Waals surface area contributed by atoms with Gasteiger partial charge in [0.2, 0.25) is 0 Å². The number of rotatable bonds is 9. The minimum absolute atomic E-state index is 0.00328. The Bertz CT molecular complexity index is 1280. The van der Waals surface area contributed by atoms with E-state index in [1.165, 1.54) is 26.8 Å². The van der Waals surface area contributed by atoms with Crippen molar-refractivity contribution in [1.82, 2.24) is 0 Å². The number of epoxide rings is 1. The monoisotopic (exact) mass is 650 g/mol. The molecule has 2 aliphatic carbocycles. The first-order valence-corrected chi connectivity index (χ1v) is 15.7. The van der Waals surface area contributed by atoms with E-state index in [1.807, 2.05) is 13.8 Å². The predicted molar refractivity (Wildman–Crippen MR) is 159 cm³/mol. The van der Waals surface area contributed by atoms with E-state index in [4.69, 9.17) is 33.2 Å². The zero-order valence-corrected chi connectivity index (χ0v) is 27.7. The van der Waals surface area contributed by atoms with E-state index in [2.05, 4.69) is 0 Å². The smallest absolute Gasteiger partial charge is 0.312 e. The highest BCUT2D eigenvalue weighted by atomic mass is 16.6. The van der Waals surface area contributed by atoms with E-state index in [1.54, 1.807) is 26.0 Å². The van der Waals surface area contributed by atoms with Gasteiger partial charge in [-0.05, 0) is 37.5 Å². The number of hydrogen-bond donors (Lipinski definition) is 1. The Labute approximate surface area is 268 Å². The van der Waals surface area contributed by atoms with Crippen LogP contribution in [0.25, 0.3) is 0 Å². The molecule has 0 aromatic heterocycles. The molecule has 0 aromatic rings. The average molecular weight is 651 g/mol. The maximum Gasteiger partial charge on any atom is 0.312 e. The molecule has 2 aliphatic heterocycles. The van der Waals surface area contributed by atoms with Crippen molar-refractivity contribution in [2.45, 2.75) is 110 Å². The molecule has 1 N–H and O–H groups in total. The molecule has 4 rings (SSSR count). The largest absolute Gasteiger partial charge is 0.462 e. The number of carbonyl (C=O) groups is 5. The van der Waals surface area contributed by atoms with Crippen molar-refractivity contribution in [1.29, 1.82) is 0 Å². The van der Waals surface area contributed by atoms with Crippen LogP contribution in [0.1, 0.15) is 68.2 Å². The van der Waals surface area contributed by atoms with Gasteiger partial charge in [-0.25, -0.2) is 0 Å². The zero-order chi connectivity index (χ0) is 34.2. The lowest BCUT2D eigenvalue weighted by atomic mass is 9.52. The summed E-state index contributed by atoms with van der Waals surface area (Å²) in [5, 5.41) is 12.7. The Hall–Kier alpha value is -3.29. The lowest BCUT2D eigenvalue weighted by molar-refractivity contribution is -0.252. The molecule has 46 heavy (non-hydrogen) atoms. The summed E-state index contributed by atoms with van der Waals surface area (Å²) in [6, 6.07) is 0. The molecule has 13 nitrogen and oxygen atoms in total. The molecule has 0 radical (unpaired) electrons. The van der Waals surface area contributed by atoms with Gasteiger partial charge >= 0.3 is 29.8 Å². The fourth-order valence-corrected chi connectivity index (χ4v) is 7.30. The van der Waals surface area contributed by atoms with Crippen molar-refractivity contribution in [3.05, 3.63) is 23.8 Å². The molecule has 1 spiro atoms.